The quantitative estimate of drug-likeness (QED) is 0.454. The molecule has 24 heavy (non-hydrogen) atoms. The van der Waals surface area contributed by atoms with Gasteiger partial charge in [0.05, 0.1) is 15.1 Å². The van der Waals surface area contributed by atoms with Crippen LogP contribution in [-0.4, -0.2) is 36.9 Å². The summed E-state index contributed by atoms with van der Waals surface area (Å²) in [6.07, 6.45) is 0.653. The Balaban J connectivity index is 1.96. The van der Waals surface area contributed by atoms with Crippen LogP contribution in [0.15, 0.2) is 4.47 Å². The van der Waals surface area contributed by atoms with Crippen molar-refractivity contribution in [3.05, 3.63) is 37.4 Å². The van der Waals surface area contributed by atoms with E-state index in [9.17, 15) is 14.9 Å². The van der Waals surface area contributed by atoms with E-state index in [1.165, 1.54) is 4.68 Å². The molecule has 10 heteroatoms. The van der Waals surface area contributed by atoms with Crippen molar-refractivity contribution in [1.82, 2.24) is 24.9 Å². The molecule has 0 aromatic carbocycles. The Bertz CT molecular complexity index is 795. The molecule has 1 amide bonds. The minimum absolute atomic E-state index is 0.158. The van der Waals surface area contributed by atoms with Gasteiger partial charge in [-0.05, 0) is 43.1 Å². The molecule has 9 nitrogen and oxygen atoms in total. The predicted molar refractivity (Wildman–Crippen MR) is 91.0 cm³/mol. The van der Waals surface area contributed by atoms with E-state index in [1.54, 1.807) is 14.0 Å². The number of nitro groups is 1. The van der Waals surface area contributed by atoms with Gasteiger partial charge in [0.1, 0.15) is 5.69 Å². The van der Waals surface area contributed by atoms with Gasteiger partial charge in [-0.15, -0.1) is 0 Å². The predicted octanol–water partition coefficient (Wildman–Crippen LogP) is 2.03. The zero-order valence-corrected chi connectivity index (χ0v) is 15.5. The number of amides is 1. The molecule has 0 saturated heterocycles. The fraction of sp³-hybridized carbons (Fsp3) is 0.500. The zero-order chi connectivity index (χ0) is 18.0. The third-order valence-electron chi connectivity index (χ3n) is 3.83. The Hall–Kier alpha value is -2.23. The van der Waals surface area contributed by atoms with E-state index in [0.717, 1.165) is 15.9 Å². The fourth-order valence-corrected chi connectivity index (χ4v) is 2.66. The Kier molecular flexibility index (Phi) is 5.37. The molecule has 2 heterocycles. The zero-order valence-electron chi connectivity index (χ0n) is 14.0. The third kappa shape index (κ3) is 3.48. The number of rotatable bonds is 6. The van der Waals surface area contributed by atoms with Gasteiger partial charge in [0.2, 0.25) is 5.69 Å². The Labute approximate surface area is 147 Å². The van der Waals surface area contributed by atoms with E-state index in [2.05, 4.69) is 31.4 Å². The molecule has 0 spiro atoms. The molecule has 0 atom stereocenters. The van der Waals surface area contributed by atoms with Crippen molar-refractivity contribution in [2.75, 3.05) is 6.54 Å². The highest BCUT2D eigenvalue weighted by molar-refractivity contribution is 9.10. The van der Waals surface area contributed by atoms with Gasteiger partial charge in [0, 0.05) is 25.8 Å². The van der Waals surface area contributed by atoms with Crippen LogP contribution in [0.25, 0.3) is 0 Å². The molecule has 0 bridgehead atoms. The number of carbonyl (C=O) groups excluding carboxylic acids is 1. The molecular weight excluding hydrogens is 380 g/mol. The molecule has 130 valence electrons. The normalized spacial score (nSPS) is 10.9. The molecule has 2 rings (SSSR count). The van der Waals surface area contributed by atoms with Crippen LogP contribution < -0.4 is 5.32 Å². The number of halogens is 1. The van der Waals surface area contributed by atoms with Crippen molar-refractivity contribution in [2.45, 2.75) is 33.7 Å². The highest BCUT2D eigenvalue weighted by Crippen LogP contribution is 2.22. The molecule has 2 aromatic heterocycles. The average molecular weight is 399 g/mol. The van der Waals surface area contributed by atoms with Gasteiger partial charge >= 0.3 is 5.69 Å². The van der Waals surface area contributed by atoms with E-state index < -0.39 is 10.8 Å². The van der Waals surface area contributed by atoms with Crippen molar-refractivity contribution in [3.63, 3.8) is 0 Å². The second kappa shape index (κ2) is 7.12. The highest BCUT2D eigenvalue weighted by Gasteiger charge is 2.28. The Morgan fingerprint density at radius 2 is 1.96 bits per heavy atom. The Morgan fingerprint density at radius 3 is 2.50 bits per heavy atom. The van der Waals surface area contributed by atoms with E-state index >= 15 is 0 Å². The number of nitrogens with one attached hydrogen (secondary N) is 1. The summed E-state index contributed by atoms with van der Waals surface area (Å²) < 4.78 is 4.17. The molecule has 0 saturated carbocycles. The van der Waals surface area contributed by atoms with Crippen LogP contribution in [0.1, 0.15) is 34.0 Å². The monoisotopic (exact) mass is 398 g/mol. The van der Waals surface area contributed by atoms with Crippen molar-refractivity contribution in [2.24, 2.45) is 7.05 Å². The van der Waals surface area contributed by atoms with Crippen LogP contribution >= 0.6 is 15.9 Å². The van der Waals surface area contributed by atoms with E-state index in [0.29, 0.717) is 25.2 Å². The number of aromatic nitrogens is 4. The fourth-order valence-electron chi connectivity index (χ4n) is 2.38. The van der Waals surface area contributed by atoms with Gasteiger partial charge in [0.15, 0.2) is 0 Å². The van der Waals surface area contributed by atoms with Crippen LogP contribution in [0.2, 0.25) is 0 Å². The first kappa shape index (κ1) is 18.1. The summed E-state index contributed by atoms with van der Waals surface area (Å²) in [5, 5.41) is 22.1. The van der Waals surface area contributed by atoms with Gasteiger partial charge < -0.3 is 5.32 Å². The molecule has 0 aliphatic carbocycles. The van der Waals surface area contributed by atoms with Gasteiger partial charge in [-0.2, -0.15) is 10.2 Å². The molecule has 0 radical (unpaired) electrons. The summed E-state index contributed by atoms with van der Waals surface area (Å²) in [7, 11) is 1.57. The standard InChI is InChI=1S/C14H19BrN6O3/c1-8-11(15)9(2)20(17-8)7-5-6-16-14(22)12-13(21(23)24)10(3)19(4)18-12/h5-7H2,1-4H3,(H,16,22). The topological polar surface area (TPSA) is 108 Å². The van der Waals surface area contributed by atoms with Crippen molar-refractivity contribution in [3.8, 4) is 0 Å². The number of nitrogens with zero attached hydrogens (tertiary/aromatic N) is 5. The van der Waals surface area contributed by atoms with Crippen LogP contribution in [0.4, 0.5) is 5.69 Å². The largest absolute Gasteiger partial charge is 0.350 e. The minimum atomic E-state index is -0.579. The first-order valence-electron chi connectivity index (χ1n) is 7.39. The molecule has 2 aromatic rings. The lowest BCUT2D eigenvalue weighted by atomic mass is 10.3. The smallest absolute Gasteiger partial charge is 0.322 e. The van der Waals surface area contributed by atoms with Crippen molar-refractivity contribution < 1.29 is 9.72 Å². The number of hydrogen-bond donors (Lipinski definition) is 1. The Morgan fingerprint density at radius 1 is 1.29 bits per heavy atom. The summed E-state index contributed by atoms with van der Waals surface area (Å²) in [5.41, 5.74) is 1.87. The second-order valence-corrected chi connectivity index (χ2v) is 6.27. The first-order chi connectivity index (χ1) is 11.2. The lowest BCUT2D eigenvalue weighted by Gasteiger charge is -2.05. The van der Waals surface area contributed by atoms with Crippen molar-refractivity contribution in [1.29, 1.82) is 0 Å². The number of aryl methyl sites for hydroxylation is 3. The molecular formula is C14H19BrN6O3. The summed E-state index contributed by atoms with van der Waals surface area (Å²) in [6.45, 7) is 6.45. The minimum Gasteiger partial charge on any atom is -0.350 e. The maximum Gasteiger partial charge on any atom is 0.322 e. The molecule has 0 aliphatic rings. The maximum absolute atomic E-state index is 12.2. The number of carbonyl (C=O) groups is 1. The molecule has 0 aliphatic heterocycles. The summed E-state index contributed by atoms with van der Waals surface area (Å²) in [4.78, 5) is 22.7. The van der Waals surface area contributed by atoms with Crippen molar-refractivity contribution >= 4 is 27.5 Å². The van der Waals surface area contributed by atoms with Crippen LogP contribution in [0.3, 0.4) is 0 Å². The van der Waals surface area contributed by atoms with E-state index in [1.807, 2.05) is 18.5 Å². The van der Waals surface area contributed by atoms with Gasteiger partial charge in [-0.25, -0.2) is 0 Å². The lowest BCUT2D eigenvalue weighted by molar-refractivity contribution is -0.385. The van der Waals surface area contributed by atoms with Crippen LogP contribution in [0.5, 0.6) is 0 Å². The highest BCUT2D eigenvalue weighted by atomic mass is 79.9. The van der Waals surface area contributed by atoms with Crippen LogP contribution in [-0.2, 0) is 13.6 Å². The van der Waals surface area contributed by atoms with E-state index in [4.69, 9.17) is 0 Å². The SMILES string of the molecule is Cc1nn(CCCNC(=O)c2nn(C)c(C)c2[N+](=O)[O-])c(C)c1Br. The average Bonchev–Trinajstić information content (AvgIpc) is 2.95. The van der Waals surface area contributed by atoms with Gasteiger partial charge in [0.25, 0.3) is 5.91 Å². The number of hydrogen-bond acceptors (Lipinski definition) is 5. The summed E-state index contributed by atoms with van der Waals surface area (Å²) in [5.74, 6) is -0.542. The first-order valence-corrected chi connectivity index (χ1v) is 8.19. The van der Waals surface area contributed by atoms with Gasteiger partial charge in [-0.1, -0.05) is 0 Å². The molecule has 0 fully saturated rings. The summed E-state index contributed by atoms with van der Waals surface area (Å²) >= 11 is 3.47. The second-order valence-electron chi connectivity index (χ2n) is 5.48. The molecule has 0 unspecified atom stereocenters. The lowest BCUT2D eigenvalue weighted by Crippen LogP contribution is -2.26. The third-order valence-corrected chi connectivity index (χ3v) is 4.97. The van der Waals surface area contributed by atoms with Crippen LogP contribution in [0, 0.1) is 30.9 Å². The molecule has 1 N–H and O–H groups in total. The van der Waals surface area contributed by atoms with E-state index in [-0.39, 0.29) is 11.4 Å². The summed E-state index contributed by atoms with van der Waals surface area (Å²) in [6, 6.07) is 0. The maximum atomic E-state index is 12.2. The van der Waals surface area contributed by atoms with Gasteiger partial charge in [-0.3, -0.25) is 24.3 Å².